The van der Waals surface area contributed by atoms with Gasteiger partial charge in [-0.2, -0.15) is 13.2 Å². The minimum absolute atomic E-state index is 0.107. The molecule has 1 N–H and O–H groups in total. The SMILES string of the molecule is CCc1cccc(CC)c1CCCC(=O)NCCCCN1CCOC(CN(C)C(=O)c2ccccc2-c2ccc(C(F)(F)F)cc2)C1. The lowest BCUT2D eigenvalue weighted by molar-refractivity contribution is -0.137. The molecule has 0 aromatic heterocycles. The molecule has 47 heavy (non-hydrogen) atoms. The van der Waals surface area contributed by atoms with E-state index in [1.807, 2.05) is 0 Å². The van der Waals surface area contributed by atoms with Gasteiger partial charge in [0.15, 0.2) is 0 Å². The van der Waals surface area contributed by atoms with Crippen molar-refractivity contribution in [1.82, 2.24) is 15.1 Å². The minimum atomic E-state index is -4.42. The van der Waals surface area contributed by atoms with E-state index in [0.717, 1.165) is 63.7 Å². The quantitative estimate of drug-likeness (QED) is 0.177. The minimum Gasteiger partial charge on any atom is -0.374 e. The molecule has 1 aliphatic rings. The molecule has 6 nitrogen and oxygen atoms in total. The second-order valence-electron chi connectivity index (χ2n) is 12.3. The third kappa shape index (κ3) is 10.4. The Morgan fingerprint density at radius 3 is 2.32 bits per heavy atom. The number of carbonyl (C=O) groups is 2. The Kier molecular flexibility index (Phi) is 13.4. The molecule has 1 atom stereocenters. The summed E-state index contributed by atoms with van der Waals surface area (Å²) in [5, 5.41) is 3.08. The third-order valence-electron chi connectivity index (χ3n) is 8.91. The van der Waals surface area contributed by atoms with Gasteiger partial charge in [-0.3, -0.25) is 14.5 Å². The van der Waals surface area contributed by atoms with Crippen LogP contribution in [0.25, 0.3) is 11.1 Å². The highest BCUT2D eigenvalue weighted by molar-refractivity contribution is 6.00. The summed E-state index contributed by atoms with van der Waals surface area (Å²) in [5.74, 6) is -0.103. The predicted octanol–water partition coefficient (Wildman–Crippen LogP) is 7.19. The highest BCUT2D eigenvalue weighted by atomic mass is 19.4. The number of unbranched alkanes of at least 4 members (excludes halogenated alkanes) is 1. The lowest BCUT2D eigenvalue weighted by Crippen LogP contribution is -2.48. The molecule has 0 saturated carbocycles. The summed E-state index contributed by atoms with van der Waals surface area (Å²) in [5.41, 5.74) is 5.02. The van der Waals surface area contributed by atoms with E-state index in [4.69, 9.17) is 4.74 Å². The summed E-state index contributed by atoms with van der Waals surface area (Å²) in [7, 11) is 1.72. The Bertz CT molecular complexity index is 1440. The number of hydrogen-bond donors (Lipinski definition) is 1. The molecule has 1 unspecified atom stereocenters. The van der Waals surface area contributed by atoms with Gasteiger partial charge in [0, 0.05) is 45.2 Å². The van der Waals surface area contributed by atoms with Gasteiger partial charge in [-0.25, -0.2) is 0 Å². The number of hydrogen-bond acceptors (Lipinski definition) is 4. The van der Waals surface area contributed by atoms with Crippen LogP contribution in [-0.2, 0) is 35.0 Å². The van der Waals surface area contributed by atoms with Gasteiger partial charge in [-0.1, -0.05) is 62.4 Å². The molecule has 0 spiro atoms. The van der Waals surface area contributed by atoms with Crippen LogP contribution in [-0.4, -0.2) is 74.1 Å². The molecular formula is C38H48F3N3O3. The summed E-state index contributed by atoms with van der Waals surface area (Å²) < 4.78 is 45.1. The summed E-state index contributed by atoms with van der Waals surface area (Å²) in [6.45, 7) is 8.40. The van der Waals surface area contributed by atoms with Crippen molar-refractivity contribution in [3.63, 3.8) is 0 Å². The first-order valence-corrected chi connectivity index (χ1v) is 16.8. The van der Waals surface area contributed by atoms with Crippen molar-refractivity contribution in [3.8, 4) is 11.1 Å². The number of amides is 2. The number of morpholine rings is 1. The Morgan fingerprint density at radius 2 is 1.64 bits per heavy atom. The Hall–Kier alpha value is -3.69. The highest BCUT2D eigenvalue weighted by Gasteiger charge is 2.30. The molecule has 0 radical (unpaired) electrons. The molecule has 2 amide bonds. The van der Waals surface area contributed by atoms with Crippen LogP contribution in [0.5, 0.6) is 0 Å². The van der Waals surface area contributed by atoms with Crippen LogP contribution in [0, 0.1) is 0 Å². The van der Waals surface area contributed by atoms with Gasteiger partial charge in [0.1, 0.15) is 0 Å². The zero-order valence-electron chi connectivity index (χ0n) is 27.9. The summed E-state index contributed by atoms with van der Waals surface area (Å²) in [6.07, 6.45) is 1.62. The van der Waals surface area contributed by atoms with Gasteiger partial charge in [-0.05, 0) is 91.1 Å². The van der Waals surface area contributed by atoms with Crippen LogP contribution >= 0.6 is 0 Å². The summed E-state index contributed by atoms with van der Waals surface area (Å²) in [6, 6.07) is 18.4. The molecule has 0 bridgehead atoms. The van der Waals surface area contributed by atoms with Crippen molar-refractivity contribution in [2.24, 2.45) is 0 Å². The molecule has 3 aromatic rings. The Balaban J connectivity index is 1.18. The molecule has 9 heteroatoms. The maximum absolute atomic E-state index is 13.5. The van der Waals surface area contributed by atoms with E-state index < -0.39 is 11.7 Å². The van der Waals surface area contributed by atoms with Gasteiger partial charge in [0.05, 0.1) is 18.3 Å². The van der Waals surface area contributed by atoms with Crippen LogP contribution in [0.4, 0.5) is 13.2 Å². The standard InChI is InChI=1S/C38H48F3N3O3/c1-4-28-12-10-13-29(5-2)33(28)16-11-17-36(45)42-22-8-9-23-44-24-25-47-32(27-44)26-43(3)37(46)35-15-7-6-14-34(35)30-18-20-31(21-19-30)38(39,40)41/h6-7,10,12-15,18-21,32H,4-5,8-9,11,16-17,22-27H2,1-3H3,(H,42,45). The molecule has 1 aliphatic heterocycles. The second kappa shape index (κ2) is 17.5. The topological polar surface area (TPSA) is 61.9 Å². The number of alkyl halides is 3. The Labute approximate surface area is 277 Å². The fourth-order valence-corrected chi connectivity index (χ4v) is 6.32. The average Bonchev–Trinajstić information content (AvgIpc) is 3.07. The maximum Gasteiger partial charge on any atom is 0.416 e. The fraction of sp³-hybridized carbons (Fsp3) is 0.474. The zero-order valence-corrected chi connectivity index (χ0v) is 27.9. The third-order valence-corrected chi connectivity index (χ3v) is 8.91. The molecule has 254 valence electrons. The number of benzene rings is 3. The average molecular weight is 652 g/mol. The summed E-state index contributed by atoms with van der Waals surface area (Å²) >= 11 is 0. The van der Waals surface area contributed by atoms with Crippen molar-refractivity contribution in [1.29, 1.82) is 0 Å². The van der Waals surface area contributed by atoms with E-state index in [-0.39, 0.29) is 17.9 Å². The number of carbonyl (C=O) groups excluding carboxylic acids is 2. The first-order valence-electron chi connectivity index (χ1n) is 16.8. The first-order chi connectivity index (χ1) is 22.6. The van der Waals surface area contributed by atoms with Gasteiger partial charge >= 0.3 is 6.18 Å². The molecule has 1 heterocycles. The smallest absolute Gasteiger partial charge is 0.374 e. The predicted molar refractivity (Wildman–Crippen MR) is 180 cm³/mol. The normalized spacial score (nSPS) is 15.4. The van der Waals surface area contributed by atoms with Crippen molar-refractivity contribution in [2.75, 3.05) is 46.4 Å². The van der Waals surface area contributed by atoms with Crippen LogP contribution in [0.15, 0.2) is 66.7 Å². The zero-order chi connectivity index (χ0) is 33.8. The van der Waals surface area contributed by atoms with Crippen molar-refractivity contribution >= 4 is 11.8 Å². The molecule has 1 saturated heterocycles. The van der Waals surface area contributed by atoms with Gasteiger partial charge in [-0.15, -0.1) is 0 Å². The lowest BCUT2D eigenvalue weighted by atomic mass is 9.93. The van der Waals surface area contributed by atoms with E-state index in [1.165, 1.54) is 28.8 Å². The molecule has 0 aliphatic carbocycles. The first kappa shape index (κ1) is 36.2. The van der Waals surface area contributed by atoms with Gasteiger partial charge < -0.3 is 15.0 Å². The number of rotatable bonds is 15. The molecular weight excluding hydrogens is 603 g/mol. The molecule has 1 fully saturated rings. The van der Waals surface area contributed by atoms with Crippen LogP contribution in [0.3, 0.4) is 0 Å². The van der Waals surface area contributed by atoms with Gasteiger partial charge in [0.2, 0.25) is 5.91 Å². The van der Waals surface area contributed by atoms with E-state index in [2.05, 4.69) is 42.3 Å². The largest absolute Gasteiger partial charge is 0.416 e. The number of halogens is 3. The number of ether oxygens (including phenoxy) is 1. The van der Waals surface area contributed by atoms with Crippen LogP contribution in [0.1, 0.15) is 72.1 Å². The number of nitrogens with zero attached hydrogens (tertiary/aromatic N) is 2. The van der Waals surface area contributed by atoms with E-state index in [0.29, 0.717) is 49.4 Å². The van der Waals surface area contributed by atoms with Gasteiger partial charge in [0.25, 0.3) is 5.91 Å². The van der Waals surface area contributed by atoms with Crippen molar-refractivity contribution in [3.05, 3.63) is 94.5 Å². The highest BCUT2D eigenvalue weighted by Crippen LogP contribution is 2.32. The van der Waals surface area contributed by atoms with Crippen molar-refractivity contribution in [2.45, 2.75) is 71.1 Å². The lowest BCUT2D eigenvalue weighted by Gasteiger charge is -2.35. The second-order valence-corrected chi connectivity index (χ2v) is 12.3. The number of nitrogens with one attached hydrogen (secondary N) is 1. The Morgan fingerprint density at radius 1 is 0.936 bits per heavy atom. The number of aryl methyl sites for hydroxylation is 2. The van der Waals surface area contributed by atoms with E-state index in [9.17, 15) is 22.8 Å². The number of likely N-dealkylation sites (N-methyl/N-ethyl adjacent to an activating group) is 1. The summed E-state index contributed by atoms with van der Waals surface area (Å²) in [4.78, 5) is 29.9. The van der Waals surface area contributed by atoms with Crippen molar-refractivity contribution < 1.29 is 27.5 Å². The molecule has 4 rings (SSSR count). The fourth-order valence-electron chi connectivity index (χ4n) is 6.32. The maximum atomic E-state index is 13.5. The van der Waals surface area contributed by atoms with Crippen LogP contribution < -0.4 is 5.32 Å². The monoisotopic (exact) mass is 651 g/mol. The molecule has 3 aromatic carbocycles. The van der Waals surface area contributed by atoms with E-state index in [1.54, 1.807) is 36.2 Å². The van der Waals surface area contributed by atoms with Crippen LogP contribution in [0.2, 0.25) is 0 Å². The van der Waals surface area contributed by atoms with E-state index >= 15 is 0 Å².